The van der Waals surface area contributed by atoms with E-state index in [4.69, 9.17) is 5.11 Å². The van der Waals surface area contributed by atoms with Crippen molar-refractivity contribution in [3.63, 3.8) is 0 Å². The van der Waals surface area contributed by atoms with Crippen LogP contribution in [0, 0.1) is 5.82 Å². The number of rotatable bonds is 9. The zero-order chi connectivity index (χ0) is 18.5. The SMILES string of the molecule is CCCCC(NS(=O)(=O)c1ccc(NS(C)(=O)=O)c(F)c1)C(=O)O. The van der Waals surface area contributed by atoms with E-state index in [-0.39, 0.29) is 6.42 Å². The van der Waals surface area contributed by atoms with Gasteiger partial charge in [-0.3, -0.25) is 9.52 Å². The molecule has 0 aliphatic carbocycles. The summed E-state index contributed by atoms with van der Waals surface area (Å²) in [5, 5.41) is 9.06. The van der Waals surface area contributed by atoms with Gasteiger partial charge in [0.25, 0.3) is 0 Å². The van der Waals surface area contributed by atoms with Crippen LogP contribution in [-0.2, 0) is 24.8 Å². The van der Waals surface area contributed by atoms with Gasteiger partial charge in [0.1, 0.15) is 11.9 Å². The van der Waals surface area contributed by atoms with Gasteiger partial charge in [-0.1, -0.05) is 19.8 Å². The van der Waals surface area contributed by atoms with Crippen LogP contribution in [0.25, 0.3) is 0 Å². The highest BCUT2D eigenvalue weighted by Crippen LogP contribution is 2.20. The van der Waals surface area contributed by atoms with Gasteiger partial charge < -0.3 is 5.11 Å². The van der Waals surface area contributed by atoms with Gasteiger partial charge in [-0.15, -0.1) is 0 Å². The Kier molecular flexibility index (Phi) is 6.69. The molecule has 0 aliphatic rings. The minimum Gasteiger partial charge on any atom is -0.480 e. The molecule has 1 aromatic carbocycles. The van der Waals surface area contributed by atoms with Crippen LogP contribution >= 0.6 is 0 Å². The molecule has 0 spiro atoms. The average Bonchev–Trinajstić information content (AvgIpc) is 2.43. The fourth-order valence-electron chi connectivity index (χ4n) is 1.84. The first-order valence-corrected chi connectivity index (χ1v) is 10.4. The number of carboxylic acid groups (broad SMARTS) is 1. The van der Waals surface area contributed by atoms with Gasteiger partial charge in [0.2, 0.25) is 20.0 Å². The molecule has 1 atom stereocenters. The summed E-state index contributed by atoms with van der Waals surface area (Å²) in [5.74, 6) is -2.42. The van der Waals surface area contributed by atoms with Crippen LogP contribution in [0.4, 0.5) is 10.1 Å². The number of sulfonamides is 2. The van der Waals surface area contributed by atoms with Gasteiger partial charge in [0, 0.05) is 0 Å². The molecule has 3 N–H and O–H groups in total. The molecule has 0 aliphatic heterocycles. The van der Waals surface area contributed by atoms with Crippen LogP contribution in [0.15, 0.2) is 23.1 Å². The molecular weight excluding hydrogens is 363 g/mol. The van der Waals surface area contributed by atoms with Gasteiger partial charge in [0.05, 0.1) is 16.8 Å². The van der Waals surface area contributed by atoms with E-state index in [1.807, 2.05) is 16.4 Å². The molecule has 0 fully saturated rings. The number of unbranched alkanes of at least 4 members (excludes halogenated alkanes) is 1. The highest BCUT2D eigenvalue weighted by atomic mass is 32.2. The molecule has 1 aromatic rings. The van der Waals surface area contributed by atoms with E-state index in [0.717, 1.165) is 18.4 Å². The first-order valence-electron chi connectivity index (χ1n) is 6.98. The zero-order valence-corrected chi connectivity index (χ0v) is 14.7. The van der Waals surface area contributed by atoms with Gasteiger partial charge in [0.15, 0.2) is 0 Å². The second-order valence-electron chi connectivity index (χ2n) is 5.17. The van der Waals surface area contributed by atoms with Crippen LogP contribution in [0.1, 0.15) is 26.2 Å². The summed E-state index contributed by atoms with van der Waals surface area (Å²) in [6, 6.07) is 1.23. The van der Waals surface area contributed by atoms with Gasteiger partial charge >= 0.3 is 5.97 Å². The van der Waals surface area contributed by atoms with E-state index in [1.165, 1.54) is 0 Å². The van der Waals surface area contributed by atoms with Crippen LogP contribution < -0.4 is 9.44 Å². The molecule has 0 amide bonds. The van der Waals surface area contributed by atoms with Crippen LogP contribution in [0.3, 0.4) is 0 Å². The van der Waals surface area contributed by atoms with Gasteiger partial charge in [-0.25, -0.2) is 21.2 Å². The maximum absolute atomic E-state index is 13.9. The molecule has 24 heavy (non-hydrogen) atoms. The van der Waals surface area contributed by atoms with Crippen molar-refractivity contribution in [3.05, 3.63) is 24.0 Å². The number of halogens is 1. The van der Waals surface area contributed by atoms with Crippen LogP contribution in [-0.4, -0.2) is 40.2 Å². The molecule has 0 bridgehead atoms. The van der Waals surface area contributed by atoms with Gasteiger partial charge in [-0.05, 0) is 24.6 Å². The molecule has 8 nitrogen and oxygen atoms in total. The minimum absolute atomic E-state index is 0.0985. The third kappa shape index (κ3) is 6.06. The number of carboxylic acids is 1. The third-order valence-electron chi connectivity index (χ3n) is 2.99. The minimum atomic E-state index is -4.27. The number of hydrogen-bond donors (Lipinski definition) is 3. The van der Waals surface area contributed by atoms with Crippen LogP contribution in [0.5, 0.6) is 0 Å². The molecular formula is C13H19FN2O6S2. The topological polar surface area (TPSA) is 130 Å². The summed E-state index contributed by atoms with van der Waals surface area (Å²) in [7, 11) is -7.99. The van der Waals surface area contributed by atoms with Crippen molar-refractivity contribution >= 4 is 31.7 Å². The summed E-state index contributed by atoms with van der Waals surface area (Å²) in [6.45, 7) is 1.83. The number of carbonyl (C=O) groups is 1. The largest absolute Gasteiger partial charge is 0.480 e. The molecule has 136 valence electrons. The molecule has 1 rings (SSSR count). The second kappa shape index (κ2) is 7.90. The predicted molar refractivity (Wildman–Crippen MR) is 86.1 cm³/mol. The fraction of sp³-hybridized carbons (Fsp3) is 0.462. The molecule has 0 radical (unpaired) electrons. The van der Waals surface area contributed by atoms with E-state index >= 15 is 0 Å². The second-order valence-corrected chi connectivity index (χ2v) is 8.63. The number of anilines is 1. The maximum Gasteiger partial charge on any atom is 0.321 e. The lowest BCUT2D eigenvalue weighted by Crippen LogP contribution is -2.40. The Morgan fingerprint density at radius 2 is 1.92 bits per heavy atom. The first kappa shape index (κ1) is 20.3. The summed E-state index contributed by atoms with van der Waals surface area (Å²) in [5.41, 5.74) is -0.405. The van der Waals surface area contributed by atoms with Crippen molar-refractivity contribution < 1.29 is 31.1 Å². The number of benzene rings is 1. The van der Waals surface area contributed by atoms with E-state index < -0.39 is 48.5 Å². The van der Waals surface area contributed by atoms with Crippen molar-refractivity contribution in [2.24, 2.45) is 0 Å². The summed E-state index contributed by atoms with van der Waals surface area (Å²) >= 11 is 0. The van der Waals surface area contributed by atoms with Crippen molar-refractivity contribution in [2.75, 3.05) is 11.0 Å². The van der Waals surface area contributed by atoms with Gasteiger partial charge in [-0.2, -0.15) is 4.72 Å². The molecule has 0 heterocycles. The van der Waals surface area contributed by atoms with Crippen molar-refractivity contribution in [1.29, 1.82) is 0 Å². The van der Waals surface area contributed by atoms with Crippen molar-refractivity contribution in [3.8, 4) is 0 Å². The highest BCUT2D eigenvalue weighted by molar-refractivity contribution is 7.92. The number of nitrogens with one attached hydrogen (secondary N) is 2. The molecule has 0 saturated heterocycles. The van der Waals surface area contributed by atoms with E-state index in [0.29, 0.717) is 18.9 Å². The summed E-state index contributed by atoms with van der Waals surface area (Å²) in [6.07, 6.45) is 2.11. The van der Waals surface area contributed by atoms with Crippen molar-refractivity contribution in [2.45, 2.75) is 37.1 Å². The maximum atomic E-state index is 13.9. The summed E-state index contributed by atoms with van der Waals surface area (Å²) < 4.78 is 64.3. The quantitative estimate of drug-likeness (QED) is 0.587. The standard InChI is InChI=1S/C13H19FN2O6S2/c1-3-4-5-12(13(17)18)16-24(21,22)9-6-7-11(10(14)8-9)15-23(2,19)20/h6-8,12,15-16H,3-5H2,1-2H3,(H,17,18). The van der Waals surface area contributed by atoms with E-state index in [1.54, 1.807) is 0 Å². The first-order chi connectivity index (χ1) is 11.0. The molecule has 0 saturated carbocycles. The Hall–Kier alpha value is -1.72. The number of hydrogen-bond acceptors (Lipinski definition) is 5. The predicted octanol–water partition coefficient (Wildman–Crippen LogP) is 1.12. The highest BCUT2D eigenvalue weighted by Gasteiger charge is 2.25. The Morgan fingerprint density at radius 3 is 2.38 bits per heavy atom. The molecule has 1 unspecified atom stereocenters. The monoisotopic (exact) mass is 382 g/mol. The zero-order valence-electron chi connectivity index (χ0n) is 13.1. The molecule has 11 heteroatoms. The fourth-order valence-corrected chi connectivity index (χ4v) is 3.64. The Balaban J connectivity index is 3.06. The van der Waals surface area contributed by atoms with E-state index in [9.17, 15) is 26.0 Å². The smallest absolute Gasteiger partial charge is 0.321 e. The Labute approximate surface area is 140 Å². The lowest BCUT2D eigenvalue weighted by Gasteiger charge is -2.15. The number of aliphatic carboxylic acids is 1. The Morgan fingerprint density at radius 1 is 1.29 bits per heavy atom. The normalized spacial score (nSPS) is 13.5. The van der Waals surface area contributed by atoms with Crippen molar-refractivity contribution in [1.82, 2.24) is 4.72 Å². The third-order valence-corrected chi connectivity index (χ3v) is 5.05. The Bertz CT molecular complexity index is 808. The summed E-state index contributed by atoms with van der Waals surface area (Å²) in [4.78, 5) is 10.6. The average molecular weight is 382 g/mol. The van der Waals surface area contributed by atoms with Crippen LogP contribution in [0.2, 0.25) is 0 Å². The molecule has 0 aromatic heterocycles. The lowest BCUT2D eigenvalue weighted by atomic mass is 10.1. The lowest BCUT2D eigenvalue weighted by molar-refractivity contribution is -0.139. The van der Waals surface area contributed by atoms with E-state index in [2.05, 4.69) is 0 Å².